The summed E-state index contributed by atoms with van der Waals surface area (Å²) in [5.74, 6) is 0.319. The first-order valence-corrected chi connectivity index (χ1v) is 11.7. The highest BCUT2D eigenvalue weighted by Gasteiger charge is 2.32. The Bertz CT molecular complexity index is 1150. The van der Waals surface area contributed by atoms with Crippen molar-refractivity contribution in [1.82, 2.24) is 4.98 Å². The monoisotopic (exact) mass is 479 g/mol. The third-order valence-electron chi connectivity index (χ3n) is 5.91. The molecule has 2 aromatic rings. The predicted octanol–water partition coefficient (Wildman–Crippen LogP) is 3.44. The second-order valence-corrected chi connectivity index (χ2v) is 9.95. The highest BCUT2D eigenvalue weighted by atomic mass is 16.5. The van der Waals surface area contributed by atoms with E-state index in [1.807, 2.05) is 26.0 Å². The standard InChI is InChI=1S/C26H33N5O4/c1-25(2)16-17-13-20(21(15-22(17)35-25)31-9-11-34-12-10-31)30-24(32)19(27)6-8-28-18-5-7-29-23(14-18)26(3,4)33/h5-8,13-15,27,33H,9-12,16H2,1-4H3,(H,28,29)(H,30,32)/b8-6-,27-19?. The van der Waals surface area contributed by atoms with Gasteiger partial charge >= 0.3 is 0 Å². The van der Waals surface area contributed by atoms with E-state index in [1.54, 1.807) is 32.2 Å². The molecule has 186 valence electrons. The van der Waals surface area contributed by atoms with Crippen LogP contribution in [0.1, 0.15) is 39.0 Å². The van der Waals surface area contributed by atoms with Crippen molar-refractivity contribution in [2.24, 2.45) is 0 Å². The summed E-state index contributed by atoms with van der Waals surface area (Å²) in [5, 5.41) is 24.3. The molecule has 35 heavy (non-hydrogen) atoms. The third kappa shape index (κ3) is 5.98. The van der Waals surface area contributed by atoms with E-state index in [4.69, 9.17) is 14.9 Å². The van der Waals surface area contributed by atoms with E-state index in [2.05, 4.69) is 20.5 Å². The van der Waals surface area contributed by atoms with Gasteiger partial charge in [0.05, 0.1) is 30.3 Å². The van der Waals surface area contributed by atoms with Crippen LogP contribution in [0.25, 0.3) is 0 Å². The minimum Gasteiger partial charge on any atom is -0.487 e. The minimum atomic E-state index is -1.07. The minimum absolute atomic E-state index is 0.195. The van der Waals surface area contributed by atoms with E-state index >= 15 is 0 Å². The van der Waals surface area contributed by atoms with Gasteiger partial charge in [-0.1, -0.05) is 0 Å². The zero-order valence-corrected chi connectivity index (χ0v) is 20.6. The average molecular weight is 480 g/mol. The number of aromatic nitrogens is 1. The van der Waals surface area contributed by atoms with Crippen LogP contribution in [0.3, 0.4) is 0 Å². The van der Waals surface area contributed by atoms with Gasteiger partial charge in [-0.15, -0.1) is 0 Å². The van der Waals surface area contributed by atoms with Crippen LogP contribution in [0.15, 0.2) is 42.7 Å². The SMILES string of the molecule is CC1(C)Cc2cc(NC(=O)C(=N)/C=C\Nc3ccnc(C(C)(C)O)c3)c(N3CCOCC3)cc2O1. The van der Waals surface area contributed by atoms with Crippen LogP contribution in [0, 0.1) is 5.41 Å². The van der Waals surface area contributed by atoms with Crippen molar-refractivity contribution < 1.29 is 19.4 Å². The Morgan fingerprint density at radius 1 is 1.26 bits per heavy atom. The van der Waals surface area contributed by atoms with E-state index < -0.39 is 11.5 Å². The fourth-order valence-electron chi connectivity index (χ4n) is 4.15. The van der Waals surface area contributed by atoms with Gasteiger partial charge in [-0.25, -0.2) is 0 Å². The molecule has 9 heteroatoms. The van der Waals surface area contributed by atoms with Gasteiger partial charge in [0.2, 0.25) is 0 Å². The third-order valence-corrected chi connectivity index (χ3v) is 5.91. The van der Waals surface area contributed by atoms with E-state index in [0.29, 0.717) is 43.4 Å². The van der Waals surface area contributed by atoms with Gasteiger partial charge in [-0.2, -0.15) is 0 Å². The van der Waals surface area contributed by atoms with Gasteiger partial charge in [-0.05, 0) is 52.0 Å². The topological polar surface area (TPSA) is 120 Å². The molecule has 1 amide bonds. The number of anilines is 3. The van der Waals surface area contributed by atoms with E-state index in [9.17, 15) is 9.90 Å². The first kappa shape index (κ1) is 24.7. The lowest BCUT2D eigenvalue weighted by Gasteiger charge is -2.31. The summed E-state index contributed by atoms with van der Waals surface area (Å²) in [6.45, 7) is 10.1. The van der Waals surface area contributed by atoms with Gasteiger partial charge in [-0.3, -0.25) is 15.2 Å². The first-order chi connectivity index (χ1) is 16.5. The molecule has 0 bridgehead atoms. The van der Waals surface area contributed by atoms with Gasteiger partial charge in [0.25, 0.3) is 5.91 Å². The number of amides is 1. The lowest BCUT2D eigenvalue weighted by molar-refractivity contribution is -0.110. The van der Waals surface area contributed by atoms with Gasteiger partial charge in [0, 0.05) is 49.2 Å². The fraction of sp³-hybridized carbons (Fsp3) is 0.423. The molecular formula is C26H33N5O4. The molecule has 0 unspecified atom stereocenters. The smallest absolute Gasteiger partial charge is 0.273 e. The molecule has 1 aromatic heterocycles. The number of hydrogen-bond donors (Lipinski definition) is 4. The van der Waals surface area contributed by atoms with Crippen molar-refractivity contribution in [2.45, 2.75) is 45.3 Å². The van der Waals surface area contributed by atoms with Crippen molar-refractivity contribution in [1.29, 1.82) is 5.41 Å². The molecule has 9 nitrogen and oxygen atoms in total. The molecule has 3 heterocycles. The Morgan fingerprint density at radius 3 is 2.71 bits per heavy atom. The number of benzene rings is 1. The zero-order valence-electron chi connectivity index (χ0n) is 20.6. The lowest BCUT2D eigenvalue weighted by atomic mass is 10.0. The number of carbonyl (C=O) groups is 1. The van der Waals surface area contributed by atoms with Crippen molar-refractivity contribution >= 4 is 28.7 Å². The van der Waals surface area contributed by atoms with Gasteiger partial charge in [0.15, 0.2) is 0 Å². The number of nitrogens with zero attached hydrogens (tertiary/aromatic N) is 2. The second kappa shape index (κ2) is 9.67. The van der Waals surface area contributed by atoms with E-state index in [0.717, 1.165) is 23.4 Å². The summed E-state index contributed by atoms with van der Waals surface area (Å²) in [4.78, 5) is 19.2. The van der Waals surface area contributed by atoms with Crippen LogP contribution < -0.4 is 20.3 Å². The average Bonchev–Trinajstić information content (AvgIpc) is 3.11. The van der Waals surface area contributed by atoms with Crippen LogP contribution >= 0.6 is 0 Å². The molecule has 4 rings (SSSR count). The molecule has 4 N–H and O–H groups in total. The van der Waals surface area contributed by atoms with Crippen LogP contribution in [-0.2, 0) is 21.6 Å². The quantitative estimate of drug-likeness (QED) is 0.449. The number of morpholine rings is 1. The van der Waals surface area contributed by atoms with Crippen molar-refractivity contribution in [2.75, 3.05) is 41.8 Å². The Hall–Kier alpha value is -3.43. The molecule has 0 spiro atoms. The summed E-state index contributed by atoms with van der Waals surface area (Å²) >= 11 is 0. The van der Waals surface area contributed by atoms with Gasteiger partial charge < -0.3 is 30.1 Å². The highest BCUT2D eigenvalue weighted by Crippen LogP contribution is 2.41. The van der Waals surface area contributed by atoms with Crippen LogP contribution in [0.4, 0.5) is 17.1 Å². The van der Waals surface area contributed by atoms with Crippen molar-refractivity contribution in [3.63, 3.8) is 0 Å². The molecule has 1 aromatic carbocycles. The number of aliphatic hydroxyl groups is 1. The number of hydrogen-bond acceptors (Lipinski definition) is 8. The Balaban J connectivity index is 1.47. The second-order valence-electron chi connectivity index (χ2n) is 9.95. The Labute approximate surface area is 205 Å². The van der Waals surface area contributed by atoms with Gasteiger partial charge in [0.1, 0.15) is 22.7 Å². The number of nitrogens with one attached hydrogen (secondary N) is 3. The number of pyridine rings is 1. The molecule has 1 fully saturated rings. The number of rotatable bonds is 7. The molecule has 0 radical (unpaired) electrons. The molecule has 0 saturated carbocycles. The zero-order chi connectivity index (χ0) is 25.2. The summed E-state index contributed by atoms with van der Waals surface area (Å²) < 4.78 is 11.6. The van der Waals surface area contributed by atoms with Crippen LogP contribution in [0.5, 0.6) is 5.75 Å². The lowest BCUT2D eigenvalue weighted by Crippen LogP contribution is -2.37. The van der Waals surface area contributed by atoms with E-state index in [-0.39, 0.29) is 11.3 Å². The largest absolute Gasteiger partial charge is 0.487 e. The Morgan fingerprint density at radius 2 is 2.00 bits per heavy atom. The maximum atomic E-state index is 12.9. The summed E-state index contributed by atoms with van der Waals surface area (Å²) in [6.07, 6.45) is 5.25. The number of fused-ring (bicyclic) bond motifs is 1. The summed E-state index contributed by atoms with van der Waals surface area (Å²) in [7, 11) is 0. The fourth-order valence-corrected chi connectivity index (χ4v) is 4.15. The highest BCUT2D eigenvalue weighted by molar-refractivity contribution is 6.46. The molecular weight excluding hydrogens is 446 g/mol. The molecule has 2 aliphatic heterocycles. The van der Waals surface area contributed by atoms with Crippen LogP contribution in [0.2, 0.25) is 0 Å². The number of carbonyl (C=O) groups excluding carboxylic acids is 1. The number of ether oxygens (including phenoxy) is 2. The maximum Gasteiger partial charge on any atom is 0.273 e. The maximum absolute atomic E-state index is 12.9. The molecule has 0 atom stereocenters. The van der Waals surface area contributed by atoms with Crippen LogP contribution in [-0.4, -0.2) is 53.6 Å². The summed E-state index contributed by atoms with van der Waals surface area (Å²) in [5.41, 5.74) is 2.21. The van der Waals surface area contributed by atoms with E-state index in [1.165, 1.54) is 12.3 Å². The van der Waals surface area contributed by atoms with Crippen molar-refractivity contribution in [3.8, 4) is 5.75 Å². The first-order valence-electron chi connectivity index (χ1n) is 11.7. The predicted molar refractivity (Wildman–Crippen MR) is 136 cm³/mol. The molecule has 2 aliphatic rings. The molecule has 0 aliphatic carbocycles. The van der Waals surface area contributed by atoms with Crippen molar-refractivity contribution in [3.05, 3.63) is 54.0 Å². The molecule has 1 saturated heterocycles. The Kier molecular flexibility index (Phi) is 6.82. The normalized spacial score (nSPS) is 17.1. The summed E-state index contributed by atoms with van der Waals surface area (Å²) in [6, 6.07) is 7.40.